The van der Waals surface area contributed by atoms with E-state index < -0.39 is 0 Å². The van der Waals surface area contributed by atoms with Crippen molar-refractivity contribution in [3.63, 3.8) is 0 Å². The molecule has 0 amide bonds. The highest BCUT2D eigenvalue weighted by Gasteiger charge is 2.10. The van der Waals surface area contributed by atoms with Gasteiger partial charge in [-0.1, -0.05) is 24.3 Å². The van der Waals surface area contributed by atoms with Crippen molar-refractivity contribution in [2.45, 2.75) is 6.61 Å². The van der Waals surface area contributed by atoms with Gasteiger partial charge in [-0.25, -0.2) is 0 Å². The quantitative estimate of drug-likeness (QED) is 0.212. The Labute approximate surface area is 160 Å². The highest BCUT2D eigenvalue weighted by atomic mass is 32.1. The molecule has 0 aliphatic heterocycles. The van der Waals surface area contributed by atoms with Gasteiger partial charge in [0.05, 0.1) is 6.21 Å². The van der Waals surface area contributed by atoms with Gasteiger partial charge in [0.2, 0.25) is 11.0 Å². The molecule has 3 rings (SSSR count). The van der Waals surface area contributed by atoms with Crippen LogP contribution in [0.25, 0.3) is 11.0 Å². The molecule has 3 aromatic rings. The number of nitrogens with zero attached hydrogens (tertiary/aromatic N) is 3. The molecule has 2 aromatic carbocycles. The first-order valence-corrected chi connectivity index (χ1v) is 8.46. The zero-order valence-corrected chi connectivity index (χ0v) is 15.1. The first-order chi connectivity index (χ1) is 13.2. The van der Waals surface area contributed by atoms with Crippen molar-refractivity contribution in [3.05, 3.63) is 71.5 Å². The molecular weight excluding hydrogens is 366 g/mol. The Balaban J connectivity index is 1.65. The highest BCUT2D eigenvalue weighted by molar-refractivity contribution is 7.80. The fourth-order valence-electron chi connectivity index (χ4n) is 2.25. The molecule has 0 unspecified atom stereocenters. The topological polar surface area (TPSA) is 98.6 Å². The Morgan fingerprint density at radius 1 is 1.37 bits per heavy atom. The van der Waals surface area contributed by atoms with Crippen LogP contribution in [0, 0.1) is 5.21 Å². The van der Waals surface area contributed by atoms with Gasteiger partial charge in [-0.05, 0) is 40.9 Å². The summed E-state index contributed by atoms with van der Waals surface area (Å²) in [6.45, 7) is 4.44. The molecule has 2 N–H and O–H groups in total. The predicted octanol–water partition coefficient (Wildman–Crippen LogP) is 2.02. The van der Waals surface area contributed by atoms with Crippen molar-refractivity contribution in [1.29, 1.82) is 0 Å². The Morgan fingerprint density at radius 3 is 3.07 bits per heavy atom. The van der Waals surface area contributed by atoms with Gasteiger partial charge in [-0.15, -0.1) is 6.58 Å². The fourth-order valence-corrected chi connectivity index (χ4v) is 2.39. The number of para-hydroxylation sites is 1. The predicted molar refractivity (Wildman–Crippen MR) is 105 cm³/mol. The summed E-state index contributed by atoms with van der Waals surface area (Å²) < 4.78 is 10.4. The lowest BCUT2D eigenvalue weighted by atomic mass is 10.2. The largest absolute Gasteiger partial charge is 0.488 e. The molecule has 0 spiro atoms. The lowest BCUT2D eigenvalue weighted by molar-refractivity contribution is -0.782. The van der Waals surface area contributed by atoms with Crippen LogP contribution in [0.5, 0.6) is 5.75 Å². The van der Waals surface area contributed by atoms with E-state index in [0.717, 1.165) is 11.1 Å². The van der Waals surface area contributed by atoms with Gasteiger partial charge in [0.15, 0.2) is 5.11 Å². The summed E-state index contributed by atoms with van der Waals surface area (Å²) in [4.78, 5) is 0.369. The molecule has 1 heterocycles. The van der Waals surface area contributed by atoms with Crippen molar-refractivity contribution in [1.82, 2.24) is 15.9 Å². The molecule has 0 fully saturated rings. The molecule has 0 saturated heterocycles. The average Bonchev–Trinajstić information content (AvgIpc) is 3.06. The van der Waals surface area contributed by atoms with E-state index in [0.29, 0.717) is 33.3 Å². The zero-order chi connectivity index (χ0) is 19.1. The summed E-state index contributed by atoms with van der Waals surface area (Å²) in [5.41, 5.74) is 5.17. The molecule has 0 radical (unpaired) electrons. The number of hydrogen-bond acceptors (Lipinski definition) is 6. The zero-order valence-electron chi connectivity index (χ0n) is 14.3. The van der Waals surface area contributed by atoms with E-state index in [1.807, 2.05) is 30.3 Å². The number of hydrazone groups is 1. The third-order valence-corrected chi connectivity index (χ3v) is 3.78. The minimum atomic E-state index is 0.276. The summed E-state index contributed by atoms with van der Waals surface area (Å²) in [5, 5.41) is 22.6. The van der Waals surface area contributed by atoms with E-state index in [2.05, 4.69) is 32.2 Å². The Morgan fingerprint density at radius 2 is 2.22 bits per heavy atom. The van der Waals surface area contributed by atoms with Gasteiger partial charge < -0.3 is 15.3 Å². The average molecular weight is 383 g/mol. The molecule has 0 aliphatic rings. The van der Waals surface area contributed by atoms with Crippen LogP contribution in [0.3, 0.4) is 0 Å². The maximum Gasteiger partial charge on any atom is 0.248 e. The van der Waals surface area contributed by atoms with Crippen LogP contribution in [0.4, 0.5) is 0 Å². The molecule has 0 bridgehead atoms. The van der Waals surface area contributed by atoms with E-state index in [1.54, 1.807) is 24.4 Å². The minimum Gasteiger partial charge on any atom is -0.488 e. The van der Waals surface area contributed by atoms with E-state index in [4.69, 9.17) is 17.0 Å². The maximum absolute atomic E-state index is 11.5. The van der Waals surface area contributed by atoms with Crippen molar-refractivity contribution < 1.29 is 14.3 Å². The number of nitrogens with one attached hydrogen (secondary N) is 2. The van der Waals surface area contributed by atoms with E-state index >= 15 is 0 Å². The summed E-state index contributed by atoms with van der Waals surface area (Å²) >= 11 is 5.07. The molecule has 27 heavy (non-hydrogen) atoms. The van der Waals surface area contributed by atoms with E-state index in [1.165, 1.54) is 0 Å². The minimum absolute atomic E-state index is 0.276. The summed E-state index contributed by atoms with van der Waals surface area (Å²) in [6.07, 6.45) is 3.32. The first-order valence-electron chi connectivity index (χ1n) is 8.05. The number of ether oxygens (including phenoxy) is 1. The molecule has 0 aliphatic carbocycles. The third-order valence-electron chi connectivity index (χ3n) is 3.54. The van der Waals surface area contributed by atoms with E-state index in [9.17, 15) is 5.21 Å². The van der Waals surface area contributed by atoms with Crippen LogP contribution >= 0.6 is 12.2 Å². The van der Waals surface area contributed by atoms with Crippen LogP contribution in [-0.4, -0.2) is 23.0 Å². The molecule has 0 atom stereocenters. The molecule has 8 nitrogen and oxygen atoms in total. The van der Waals surface area contributed by atoms with Crippen molar-refractivity contribution in [3.8, 4) is 5.75 Å². The molecular formula is C18H17N5O3S. The smallest absolute Gasteiger partial charge is 0.248 e. The SMILES string of the molecule is C=CCNC(=S)N/N=C\c1ccccc1OCc1ccc2no[n+]([O-])c2c1. The highest BCUT2D eigenvalue weighted by Crippen LogP contribution is 2.18. The lowest BCUT2D eigenvalue weighted by Gasteiger charge is -2.09. The number of thiocarbonyl (C=S) groups is 1. The van der Waals surface area contributed by atoms with Gasteiger partial charge in [0, 0.05) is 23.3 Å². The summed E-state index contributed by atoms with van der Waals surface area (Å²) in [7, 11) is 0. The summed E-state index contributed by atoms with van der Waals surface area (Å²) in [6, 6.07) is 12.7. The molecule has 0 saturated carbocycles. The van der Waals surface area contributed by atoms with Crippen LogP contribution in [-0.2, 0) is 6.61 Å². The van der Waals surface area contributed by atoms with E-state index in [-0.39, 0.29) is 6.61 Å². The summed E-state index contributed by atoms with van der Waals surface area (Å²) in [5.74, 6) is 0.647. The number of fused-ring (bicyclic) bond motifs is 1. The second kappa shape index (κ2) is 8.77. The normalized spacial score (nSPS) is 10.8. The van der Waals surface area contributed by atoms with Crippen LogP contribution in [0.2, 0.25) is 0 Å². The fraction of sp³-hybridized carbons (Fsp3) is 0.111. The Hall–Kier alpha value is -3.46. The molecule has 1 aromatic heterocycles. The van der Waals surface area contributed by atoms with Gasteiger partial charge in [-0.2, -0.15) is 5.10 Å². The Bertz CT molecular complexity index is 986. The van der Waals surface area contributed by atoms with Gasteiger partial charge in [-0.3, -0.25) is 10.1 Å². The lowest BCUT2D eigenvalue weighted by Crippen LogP contribution is -2.31. The number of hydrogen-bond donors (Lipinski definition) is 2. The number of aromatic nitrogens is 2. The third kappa shape index (κ3) is 4.79. The van der Waals surface area contributed by atoms with Crippen molar-refractivity contribution in [2.24, 2.45) is 5.10 Å². The van der Waals surface area contributed by atoms with Gasteiger partial charge >= 0.3 is 0 Å². The number of benzene rings is 2. The van der Waals surface area contributed by atoms with Crippen molar-refractivity contribution in [2.75, 3.05) is 6.54 Å². The van der Waals surface area contributed by atoms with Crippen molar-refractivity contribution >= 4 is 34.6 Å². The molecule has 9 heteroatoms. The second-order valence-electron chi connectivity index (χ2n) is 5.45. The van der Waals surface area contributed by atoms with Crippen LogP contribution < -0.4 is 20.4 Å². The number of rotatable bonds is 7. The van der Waals surface area contributed by atoms with Crippen LogP contribution in [0.15, 0.2) is 64.8 Å². The van der Waals surface area contributed by atoms with Crippen LogP contribution in [0.1, 0.15) is 11.1 Å². The maximum atomic E-state index is 11.5. The second-order valence-corrected chi connectivity index (χ2v) is 5.86. The standard InChI is InChI=1S/C18H17N5O3S/c1-2-9-19-18(27)21-20-11-14-5-3-4-6-17(14)25-12-13-7-8-15-16(10-13)23(24)26-22-15/h2-8,10-11H,1,9,12H2,(H2,19,21,27)/b20-11-. The Kier molecular flexibility index (Phi) is 5.95. The molecule has 138 valence electrons. The first kappa shape index (κ1) is 18.3. The van der Waals surface area contributed by atoms with Gasteiger partial charge in [0.25, 0.3) is 0 Å². The van der Waals surface area contributed by atoms with Gasteiger partial charge in [0.1, 0.15) is 12.4 Å². The monoisotopic (exact) mass is 383 g/mol.